The molecule has 23 heavy (non-hydrogen) atoms. The van der Waals surface area contributed by atoms with E-state index in [-0.39, 0.29) is 5.91 Å². The van der Waals surface area contributed by atoms with E-state index in [0.29, 0.717) is 32.2 Å². The highest BCUT2D eigenvalue weighted by atomic mass is 16.5. The van der Waals surface area contributed by atoms with Gasteiger partial charge in [-0.3, -0.25) is 4.79 Å². The van der Waals surface area contributed by atoms with Crippen LogP contribution in [0.5, 0.6) is 5.75 Å². The number of carbonyl (C=O) groups is 1. The smallest absolute Gasteiger partial charge is 0.216 e. The number of amides is 1. The average molecular weight is 318 g/mol. The SMILES string of the molecule is C=CCOc1ccccc1CN=C(NCC)NCCNC(C)=O. The predicted octanol–water partition coefficient (Wildman–Crippen LogP) is 1.44. The molecule has 1 rings (SSSR count). The van der Waals surface area contributed by atoms with E-state index in [9.17, 15) is 4.79 Å². The van der Waals surface area contributed by atoms with Crippen LogP contribution in [0.15, 0.2) is 41.9 Å². The van der Waals surface area contributed by atoms with Gasteiger partial charge in [0, 0.05) is 32.1 Å². The number of benzene rings is 1. The monoisotopic (exact) mass is 318 g/mol. The molecule has 0 bridgehead atoms. The number of hydrogen-bond donors (Lipinski definition) is 3. The van der Waals surface area contributed by atoms with E-state index in [4.69, 9.17) is 4.74 Å². The lowest BCUT2D eigenvalue weighted by Gasteiger charge is -2.12. The third-order valence-corrected chi connectivity index (χ3v) is 2.87. The summed E-state index contributed by atoms with van der Waals surface area (Å²) < 4.78 is 5.63. The highest BCUT2D eigenvalue weighted by Gasteiger charge is 2.03. The van der Waals surface area contributed by atoms with E-state index in [2.05, 4.69) is 27.5 Å². The molecule has 0 fully saturated rings. The molecule has 126 valence electrons. The van der Waals surface area contributed by atoms with Crippen LogP contribution in [0.4, 0.5) is 0 Å². The van der Waals surface area contributed by atoms with Gasteiger partial charge in [0.2, 0.25) is 5.91 Å². The van der Waals surface area contributed by atoms with Gasteiger partial charge in [-0.2, -0.15) is 0 Å². The Kier molecular flexibility index (Phi) is 8.97. The molecule has 3 N–H and O–H groups in total. The zero-order valence-electron chi connectivity index (χ0n) is 13.9. The topological polar surface area (TPSA) is 74.8 Å². The van der Waals surface area contributed by atoms with E-state index in [1.165, 1.54) is 6.92 Å². The van der Waals surface area contributed by atoms with Gasteiger partial charge in [-0.05, 0) is 13.0 Å². The Balaban J connectivity index is 2.62. The second-order valence-corrected chi connectivity index (χ2v) is 4.81. The molecule has 0 aromatic heterocycles. The fraction of sp³-hybridized carbons (Fsp3) is 0.412. The predicted molar refractivity (Wildman–Crippen MR) is 93.6 cm³/mol. The molecule has 0 unspecified atom stereocenters. The van der Waals surface area contributed by atoms with Crippen LogP contribution in [-0.4, -0.2) is 38.1 Å². The zero-order chi connectivity index (χ0) is 16.9. The molecule has 6 heteroatoms. The number of guanidine groups is 1. The van der Waals surface area contributed by atoms with Crippen molar-refractivity contribution in [3.05, 3.63) is 42.5 Å². The number of carbonyl (C=O) groups excluding carboxylic acids is 1. The molecule has 1 aromatic rings. The van der Waals surface area contributed by atoms with E-state index >= 15 is 0 Å². The summed E-state index contributed by atoms with van der Waals surface area (Å²) in [5, 5.41) is 9.08. The largest absolute Gasteiger partial charge is 0.489 e. The van der Waals surface area contributed by atoms with Gasteiger partial charge in [-0.15, -0.1) is 0 Å². The zero-order valence-corrected chi connectivity index (χ0v) is 13.9. The number of para-hydroxylation sites is 1. The van der Waals surface area contributed by atoms with E-state index in [0.717, 1.165) is 17.9 Å². The van der Waals surface area contributed by atoms with Gasteiger partial charge < -0.3 is 20.7 Å². The number of aliphatic imine (C=N–C) groups is 1. The number of ether oxygens (including phenoxy) is 1. The van der Waals surface area contributed by atoms with Crippen molar-refractivity contribution in [1.82, 2.24) is 16.0 Å². The Morgan fingerprint density at radius 3 is 2.70 bits per heavy atom. The molecule has 0 heterocycles. The normalized spacial score (nSPS) is 10.8. The number of rotatable bonds is 9. The lowest BCUT2D eigenvalue weighted by Crippen LogP contribution is -2.41. The molecular formula is C17H26N4O2. The molecule has 0 atom stereocenters. The molecule has 0 aliphatic carbocycles. The van der Waals surface area contributed by atoms with Crippen LogP contribution in [0.25, 0.3) is 0 Å². The van der Waals surface area contributed by atoms with Gasteiger partial charge in [-0.25, -0.2) is 4.99 Å². The van der Waals surface area contributed by atoms with Crippen LogP contribution in [0, 0.1) is 0 Å². The van der Waals surface area contributed by atoms with E-state index in [1.807, 2.05) is 31.2 Å². The van der Waals surface area contributed by atoms with Gasteiger partial charge in [0.1, 0.15) is 12.4 Å². The number of nitrogens with one attached hydrogen (secondary N) is 3. The van der Waals surface area contributed by atoms with Crippen molar-refractivity contribution in [2.45, 2.75) is 20.4 Å². The fourth-order valence-electron chi connectivity index (χ4n) is 1.85. The molecule has 0 saturated carbocycles. The van der Waals surface area contributed by atoms with E-state index < -0.39 is 0 Å². The first-order valence-electron chi connectivity index (χ1n) is 7.75. The second kappa shape index (κ2) is 11.1. The minimum absolute atomic E-state index is 0.0398. The van der Waals surface area contributed by atoms with Crippen LogP contribution in [-0.2, 0) is 11.3 Å². The third-order valence-electron chi connectivity index (χ3n) is 2.87. The van der Waals surface area contributed by atoms with Crippen molar-refractivity contribution >= 4 is 11.9 Å². The summed E-state index contributed by atoms with van der Waals surface area (Å²) in [6.07, 6.45) is 1.72. The van der Waals surface area contributed by atoms with Crippen molar-refractivity contribution in [2.24, 2.45) is 4.99 Å². The molecular weight excluding hydrogens is 292 g/mol. The molecule has 0 saturated heterocycles. The average Bonchev–Trinajstić information content (AvgIpc) is 2.55. The van der Waals surface area contributed by atoms with Crippen LogP contribution in [0.3, 0.4) is 0 Å². The molecule has 0 spiro atoms. The molecule has 0 aliphatic heterocycles. The highest BCUT2D eigenvalue weighted by molar-refractivity contribution is 5.79. The first kappa shape index (κ1) is 18.5. The number of nitrogens with zero attached hydrogens (tertiary/aromatic N) is 1. The molecule has 1 aromatic carbocycles. The van der Waals surface area contributed by atoms with E-state index in [1.54, 1.807) is 6.08 Å². The summed E-state index contributed by atoms with van der Waals surface area (Å²) in [6.45, 7) is 10.1. The Morgan fingerprint density at radius 1 is 1.26 bits per heavy atom. The first-order valence-corrected chi connectivity index (χ1v) is 7.75. The Bertz CT molecular complexity index is 529. The summed E-state index contributed by atoms with van der Waals surface area (Å²) in [7, 11) is 0. The lowest BCUT2D eigenvalue weighted by atomic mass is 10.2. The molecule has 6 nitrogen and oxygen atoms in total. The van der Waals surface area contributed by atoms with Gasteiger partial charge in [0.25, 0.3) is 0 Å². The van der Waals surface area contributed by atoms with Gasteiger partial charge >= 0.3 is 0 Å². The Hall–Kier alpha value is -2.50. The summed E-state index contributed by atoms with van der Waals surface area (Å²) in [5.41, 5.74) is 1.01. The summed E-state index contributed by atoms with van der Waals surface area (Å²) >= 11 is 0. The van der Waals surface area contributed by atoms with Crippen molar-refractivity contribution < 1.29 is 9.53 Å². The van der Waals surface area contributed by atoms with Gasteiger partial charge in [0.15, 0.2) is 5.96 Å². The molecule has 0 radical (unpaired) electrons. The van der Waals surface area contributed by atoms with Crippen molar-refractivity contribution in [3.8, 4) is 5.75 Å². The third kappa shape index (κ3) is 7.90. The standard InChI is InChI=1S/C17H26N4O2/c1-4-12-23-16-9-7-6-8-15(16)13-21-17(18-5-2)20-11-10-19-14(3)22/h4,6-9H,1,5,10-13H2,2-3H3,(H,19,22)(H2,18,20,21). The van der Waals surface area contributed by atoms with Gasteiger partial charge in [-0.1, -0.05) is 30.9 Å². The maximum atomic E-state index is 10.8. The van der Waals surface area contributed by atoms with Crippen molar-refractivity contribution in [3.63, 3.8) is 0 Å². The Morgan fingerprint density at radius 2 is 2.00 bits per heavy atom. The van der Waals surface area contributed by atoms with Crippen molar-refractivity contribution in [1.29, 1.82) is 0 Å². The number of hydrogen-bond acceptors (Lipinski definition) is 3. The quantitative estimate of drug-likeness (QED) is 0.279. The summed E-state index contributed by atoms with van der Waals surface area (Å²) in [5.74, 6) is 1.48. The lowest BCUT2D eigenvalue weighted by molar-refractivity contribution is -0.118. The minimum Gasteiger partial charge on any atom is -0.489 e. The maximum absolute atomic E-state index is 10.8. The van der Waals surface area contributed by atoms with Crippen LogP contribution in [0.1, 0.15) is 19.4 Å². The van der Waals surface area contributed by atoms with Crippen LogP contribution >= 0.6 is 0 Å². The molecule has 1 amide bonds. The minimum atomic E-state index is -0.0398. The fourth-order valence-corrected chi connectivity index (χ4v) is 1.85. The second-order valence-electron chi connectivity index (χ2n) is 4.81. The van der Waals surface area contributed by atoms with Gasteiger partial charge in [0.05, 0.1) is 6.54 Å². The Labute approximate surface area is 138 Å². The first-order chi connectivity index (χ1) is 11.2. The maximum Gasteiger partial charge on any atom is 0.216 e. The summed E-state index contributed by atoms with van der Waals surface area (Å²) in [6, 6.07) is 7.81. The molecule has 0 aliphatic rings. The highest BCUT2D eigenvalue weighted by Crippen LogP contribution is 2.18. The van der Waals surface area contributed by atoms with Crippen LogP contribution in [0.2, 0.25) is 0 Å². The summed E-state index contributed by atoms with van der Waals surface area (Å²) in [4.78, 5) is 15.4. The van der Waals surface area contributed by atoms with Crippen LogP contribution < -0.4 is 20.7 Å². The van der Waals surface area contributed by atoms with Crippen molar-refractivity contribution in [2.75, 3.05) is 26.2 Å².